The van der Waals surface area contributed by atoms with Crippen molar-refractivity contribution in [1.82, 2.24) is 5.32 Å². The molecule has 1 saturated carbocycles. The molecular weight excluding hydrogens is 274 g/mol. The Bertz CT molecular complexity index is 505. The van der Waals surface area contributed by atoms with Crippen LogP contribution < -0.4 is 15.8 Å². The fourth-order valence-corrected chi connectivity index (χ4v) is 3.14. The maximum Gasteiger partial charge on any atom is 0.188 e. The lowest BCUT2D eigenvalue weighted by atomic mass is 9.79. The molecule has 0 heterocycles. The summed E-state index contributed by atoms with van der Waals surface area (Å²) in [6.45, 7) is 5.93. The molecule has 0 amide bonds. The lowest BCUT2D eigenvalue weighted by Gasteiger charge is -2.28. The van der Waals surface area contributed by atoms with Gasteiger partial charge in [0, 0.05) is 12.0 Å². The van der Waals surface area contributed by atoms with Crippen LogP contribution in [-0.4, -0.2) is 26.2 Å². The maximum atomic E-state index is 6.01. The number of benzene rings is 1. The van der Waals surface area contributed by atoms with Gasteiger partial charge in [0.1, 0.15) is 5.75 Å². The molecule has 0 atom stereocenters. The van der Waals surface area contributed by atoms with Crippen molar-refractivity contribution in [2.24, 2.45) is 16.6 Å². The van der Waals surface area contributed by atoms with Gasteiger partial charge in [0.05, 0.1) is 13.7 Å². The third-order valence-corrected chi connectivity index (χ3v) is 4.49. The zero-order chi connectivity index (χ0) is 16.0. The molecule has 1 fully saturated rings. The van der Waals surface area contributed by atoms with E-state index in [9.17, 15) is 0 Å². The molecule has 1 aliphatic rings. The predicted molar refractivity (Wildman–Crippen MR) is 92.5 cm³/mol. The normalized spacial score (nSPS) is 17.7. The number of nitrogens with two attached hydrogens (primary N) is 1. The third-order valence-electron chi connectivity index (χ3n) is 4.49. The molecule has 0 bridgehead atoms. The Hall–Kier alpha value is -1.71. The number of ether oxygens (including phenoxy) is 1. The van der Waals surface area contributed by atoms with Gasteiger partial charge in [-0.05, 0) is 36.5 Å². The van der Waals surface area contributed by atoms with Crippen molar-refractivity contribution in [3.8, 4) is 5.75 Å². The van der Waals surface area contributed by atoms with Gasteiger partial charge in [-0.2, -0.15) is 0 Å². The summed E-state index contributed by atoms with van der Waals surface area (Å²) in [5, 5.41) is 3.20. The van der Waals surface area contributed by atoms with E-state index in [4.69, 9.17) is 10.5 Å². The topological polar surface area (TPSA) is 59.6 Å². The lowest BCUT2D eigenvalue weighted by Crippen LogP contribution is -2.36. The van der Waals surface area contributed by atoms with Gasteiger partial charge in [0.25, 0.3) is 0 Å². The molecular formula is C18H29N3O. The van der Waals surface area contributed by atoms with Crippen LogP contribution in [-0.2, 0) is 5.41 Å². The quantitative estimate of drug-likeness (QED) is 0.627. The number of methoxy groups -OCH3 is 1. The van der Waals surface area contributed by atoms with Crippen molar-refractivity contribution in [3.05, 3.63) is 29.8 Å². The second-order valence-corrected chi connectivity index (χ2v) is 6.70. The molecule has 4 heteroatoms. The molecule has 0 radical (unpaired) electrons. The summed E-state index contributed by atoms with van der Waals surface area (Å²) in [6, 6.07) is 8.41. The zero-order valence-corrected chi connectivity index (χ0v) is 14.1. The molecule has 122 valence electrons. The molecule has 3 N–H and O–H groups in total. The van der Waals surface area contributed by atoms with Gasteiger partial charge in [-0.15, -0.1) is 0 Å². The highest BCUT2D eigenvalue weighted by molar-refractivity contribution is 5.77. The molecule has 22 heavy (non-hydrogen) atoms. The van der Waals surface area contributed by atoms with Crippen LogP contribution in [0.25, 0.3) is 0 Å². The molecule has 1 aromatic rings. The van der Waals surface area contributed by atoms with Gasteiger partial charge in [0.15, 0.2) is 5.96 Å². The van der Waals surface area contributed by atoms with Crippen LogP contribution in [0.4, 0.5) is 0 Å². The van der Waals surface area contributed by atoms with Crippen LogP contribution >= 0.6 is 0 Å². The van der Waals surface area contributed by atoms with Crippen molar-refractivity contribution < 1.29 is 4.74 Å². The largest absolute Gasteiger partial charge is 0.497 e. The van der Waals surface area contributed by atoms with E-state index in [1.54, 1.807) is 7.11 Å². The minimum atomic E-state index is 0.110. The molecule has 0 saturated heterocycles. The Morgan fingerprint density at radius 3 is 2.73 bits per heavy atom. The van der Waals surface area contributed by atoms with Crippen molar-refractivity contribution in [2.75, 3.05) is 20.2 Å². The van der Waals surface area contributed by atoms with Crippen LogP contribution in [0.5, 0.6) is 5.75 Å². The monoisotopic (exact) mass is 303 g/mol. The third kappa shape index (κ3) is 4.15. The molecule has 2 rings (SSSR count). The highest BCUT2D eigenvalue weighted by Gasteiger charge is 2.35. The SMILES string of the molecule is COc1cccc(C2(CN=C(N)NCC(C)C)CCCC2)c1. The molecule has 0 aromatic heterocycles. The summed E-state index contributed by atoms with van der Waals surface area (Å²) in [4.78, 5) is 4.62. The number of guanidine groups is 1. The highest BCUT2D eigenvalue weighted by atomic mass is 16.5. The first-order valence-corrected chi connectivity index (χ1v) is 8.24. The standard InChI is InChI=1S/C18H29N3O/c1-14(2)12-20-17(19)21-13-18(9-4-5-10-18)15-7-6-8-16(11-15)22-3/h6-8,11,14H,4-5,9-10,12-13H2,1-3H3,(H3,19,20,21). The van der Waals surface area contributed by atoms with E-state index in [0.29, 0.717) is 11.9 Å². The van der Waals surface area contributed by atoms with Gasteiger partial charge in [-0.3, -0.25) is 4.99 Å². The Kier molecular flexibility index (Phi) is 5.69. The van der Waals surface area contributed by atoms with Gasteiger partial charge < -0.3 is 15.8 Å². The summed E-state index contributed by atoms with van der Waals surface area (Å²) < 4.78 is 5.38. The van der Waals surface area contributed by atoms with E-state index in [1.807, 2.05) is 6.07 Å². The average molecular weight is 303 g/mol. The number of hydrogen-bond acceptors (Lipinski definition) is 2. The zero-order valence-electron chi connectivity index (χ0n) is 14.1. The maximum absolute atomic E-state index is 6.01. The van der Waals surface area contributed by atoms with Crippen LogP contribution in [0.3, 0.4) is 0 Å². The van der Waals surface area contributed by atoms with Crippen molar-refractivity contribution in [1.29, 1.82) is 0 Å². The summed E-state index contributed by atoms with van der Waals surface area (Å²) >= 11 is 0. The molecule has 1 aliphatic carbocycles. The second-order valence-electron chi connectivity index (χ2n) is 6.70. The van der Waals surface area contributed by atoms with Gasteiger partial charge in [-0.1, -0.05) is 38.8 Å². The van der Waals surface area contributed by atoms with Gasteiger partial charge in [0.2, 0.25) is 0 Å². The van der Waals surface area contributed by atoms with Crippen molar-refractivity contribution in [3.63, 3.8) is 0 Å². The number of aliphatic imine (C=N–C) groups is 1. The van der Waals surface area contributed by atoms with Gasteiger partial charge in [-0.25, -0.2) is 0 Å². The van der Waals surface area contributed by atoms with Gasteiger partial charge >= 0.3 is 0 Å². The second kappa shape index (κ2) is 7.52. The number of nitrogens with zero attached hydrogens (tertiary/aromatic N) is 1. The number of hydrogen-bond donors (Lipinski definition) is 2. The first-order valence-electron chi connectivity index (χ1n) is 8.24. The molecule has 0 spiro atoms. The highest BCUT2D eigenvalue weighted by Crippen LogP contribution is 2.42. The Balaban J connectivity index is 2.13. The van der Waals surface area contributed by atoms with Crippen LogP contribution in [0.15, 0.2) is 29.3 Å². The van der Waals surface area contributed by atoms with E-state index >= 15 is 0 Å². The van der Waals surface area contributed by atoms with Crippen LogP contribution in [0.1, 0.15) is 45.1 Å². The Morgan fingerprint density at radius 2 is 2.09 bits per heavy atom. The minimum absolute atomic E-state index is 0.110. The van der Waals surface area contributed by atoms with Crippen molar-refractivity contribution >= 4 is 5.96 Å². The summed E-state index contributed by atoms with van der Waals surface area (Å²) in [5.74, 6) is 2.04. The summed E-state index contributed by atoms with van der Waals surface area (Å²) in [7, 11) is 1.71. The predicted octanol–water partition coefficient (Wildman–Crippen LogP) is 3.07. The first kappa shape index (κ1) is 16.7. The molecule has 1 aromatic carbocycles. The van der Waals surface area contributed by atoms with E-state index in [1.165, 1.54) is 31.2 Å². The molecule has 0 unspecified atom stereocenters. The minimum Gasteiger partial charge on any atom is -0.497 e. The van der Waals surface area contributed by atoms with E-state index < -0.39 is 0 Å². The fourth-order valence-electron chi connectivity index (χ4n) is 3.14. The number of rotatable bonds is 6. The van der Waals surface area contributed by atoms with E-state index in [2.05, 4.69) is 42.4 Å². The molecule has 0 aliphatic heterocycles. The molecule has 4 nitrogen and oxygen atoms in total. The summed E-state index contributed by atoms with van der Waals surface area (Å²) in [5.41, 5.74) is 7.44. The Morgan fingerprint density at radius 1 is 1.36 bits per heavy atom. The van der Waals surface area contributed by atoms with Crippen LogP contribution in [0.2, 0.25) is 0 Å². The summed E-state index contributed by atoms with van der Waals surface area (Å²) in [6.07, 6.45) is 4.85. The van der Waals surface area contributed by atoms with E-state index in [-0.39, 0.29) is 5.41 Å². The smallest absolute Gasteiger partial charge is 0.188 e. The lowest BCUT2D eigenvalue weighted by molar-refractivity contribution is 0.407. The first-order chi connectivity index (χ1) is 10.6. The van der Waals surface area contributed by atoms with E-state index in [0.717, 1.165) is 18.8 Å². The average Bonchev–Trinajstić information content (AvgIpc) is 3.01. The fraction of sp³-hybridized carbons (Fsp3) is 0.611. The van der Waals surface area contributed by atoms with Crippen molar-refractivity contribution in [2.45, 2.75) is 44.9 Å². The number of nitrogens with one attached hydrogen (secondary N) is 1. The Labute approximate surface area is 134 Å². The van der Waals surface area contributed by atoms with Crippen LogP contribution in [0, 0.1) is 5.92 Å².